The van der Waals surface area contributed by atoms with E-state index in [2.05, 4.69) is 4.98 Å². The Morgan fingerprint density at radius 2 is 2.00 bits per heavy atom. The van der Waals surface area contributed by atoms with Crippen LogP contribution >= 0.6 is 12.2 Å². The molecule has 1 aromatic heterocycles. The molecule has 1 heterocycles. The van der Waals surface area contributed by atoms with Crippen LogP contribution in [0.1, 0.15) is 64.1 Å². The van der Waals surface area contributed by atoms with Gasteiger partial charge in [0.2, 0.25) is 0 Å². The number of nitrogens with one attached hydrogen (secondary N) is 1. The van der Waals surface area contributed by atoms with Gasteiger partial charge < -0.3 is 20.7 Å². The van der Waals surface area contributed by atoms with Crippen molar-refractivity contribution in [1.82, 2.24) is 9.88 Å². The Hall–Kier alpha value is -1.56. The molecule has 2 rings (SSSR count). The number of hydrogen-bond acceptors (Lipinski definition) is 2. The third-order valence-corrected chi connectivity index (χ3v) is 5.09. The van der Waals surface area contributed by atoms with Crippen molar-refractivity contribution in [2.24, 2.45) is 5.73 Å². The Labute approximate surface area is 143 Å². The van der Waals surface area contributed by atoms with E-state index < -0.39 is 11.6 Å². The predicted molar refractivity (Wildman–Crippen MR) is 95.9 cm³/mol. The molecule has 1 fully saturated rings. The van der Waals surface area contributed by atoms with E-state index in [0.29, 0.717) is 11.5 Å². The van der Waals surface area contributed by atoms with Crippen molar-refractivity contribution in [1.29, 1.82) is 0 Å². The summed E-state index contributed by atoms with van der Waals surface area (Å²) < 4.78 is 0. The van der Waals surface area contributed by atoms with Gasteiger partial charge in [0, 0.05) is 35.0 Å². The van der Waals surface area contributed by atoms with Gasteiger partial charge in [-0.1, -0.05) is 31.5 Å². The normalized spacial score (nSPS) is 17.7. The third kappa shape index (κ3) is 3.86. The fourth-order valence-corrected chi connectivity index (χ4v) is 3.60. The summed E-state index contributed by atoms with van der Waals surface area (Å²) in [5, 5.41) is 9.67. The molecule has 1 aliphatic rings. The first-order valence-electron chi connectivity index (χ1n) is 8.15. The van der Waals surface area contributed by atoms with Crippen molar-refractivity contribution in [3.05, 3.63) is 23.5 Å². The molecule has 0 bridgehead atoms. The first-order valence-corrected chi connectivity index (χ1v) is 8.56. The molecule has 6 heteroatoms. The molecule has 0 saturated heterocycles. The molecule has 0 unspecified atom stereocenters. The molecular weight excluding hydrogens is 310 g/mol. The number of hydrogen-bond donors (Lipinski definition) is 3. The van der Waals surface area contributed by atoms with Crippen LogP contribution in [0, 0.1) is 0 Å². The minimum Gasteiger partial charge on any atom is -0.465 e. The van der Waals surface area contributed by atoms with Gasteiger partial charge in [0.1, 0.15) is 4.99 Å². The minimum atomic E-state index is -0.872. The largest absolute Gasteiger partial charge is 0.465 e. The van der Waals surface area contributed by atoms with E-state index in [1.54, 1.807) is 4.90 Å². The molecule has 0 aliphatic heterocycles. The van der Waals surface area contributed by atoms with Crippen LogP contribution in [0.2, 0.25) is 0 Å². The Bertz CT molecular complexity index is 583. The van der Waals surface area contributed by atoms with Gasteiger partial charge >= 0.3 is 6.09 Å². The maximum atomic E-state index is 11.8. The van der Waals surface area contributed by atoms with Gasteiger partial charge in [-0.05, 0) is 39.7 Å². The lowest BCUT2D eigenvalue weighted by Gasteiger charge is -2.44. The summed E-state index contributed by atoms with van der Waals surface area (Å²) in [6, 6.07) is 2.00. The Morgan fingerprint density at radius 1 is 1.39 bits per heavy atom. The summed E-state index contributed by atoms with van der Waals surface area (Å²) in [5.41, 5.74) is 6.97. The number of carbonyl (C=O) groups is 1. The Kier molecular flexibility index (Phi) is 5.04. The summed E-state index contributed by atoms with van der Waals surface area (Å²) in [5.74, 6) is 0. The highest BCUT2D eigenvalue weighted by atomic mass is 32.1. The smallest absolute Gasteiger partial charge is 0.407 e. The highest BCUT2D eigenvalue weighted by Crippen LogP contribution is 2.41. The van der Waals surface area contributed by atoms with E-state index in [-0.39, 0.29) is 5.41 Å². The van der Waals surface area contributed by atoms with Crippen LogP contribution in [0.25, 0.3) is 0 Å². The van der Waals surface area contributed by atoms with Crippen molar-refractivity contribution in [2.75, 3.05) is 6.54 Å². The highest BCUT2D eigenvalue weighted by Gasteiger charge is 2.41. The molecule has 4 N–H and O–H groups in total. The average Bonchev–Trinajstić information content (AvgIpc) is 2.95. The second-order valence-electron chi connectivity index (χ2n) is 7.55. The lowest BCUT2D eigenvalue weighted by atomic mass is 9.71. The first kappa shape index (κ1) is 17.8. The van der Waals surface area contributed by atoms with Crippen molar-refractivity contribution < 1.29 is 9.90 Å². The quantitative estimate of drug-likeness (QED) is 0.733. The topological polar surface area (TPSA) is 82.3 Å². The lowest BCUT2D eigenvalue weighted by Crippen LogP contribution is -2.52. The maximum absolute atomic E-state index is 11.8. The van der Waals surface area contributed by atoms with Gasteiger partial charge in [0.15, 0.2) is 0 Å². The monoisotopic (exact) mass is 337 g/mol. The molecule has 0 radical (unpaired) electrons. The van der Waals surface area contributed by atoms with Crippen LogP contribution in [0.4, 0.5) is 4.79 Å². The number of nitrogens with zero attached hydrogens (tertiary/aromatic N) is 1. The zero-order valence-corrected chi connectivity index (χ0v) is 15.0. The molecule has 128 valence electrons. The minimum absolute atomic E-state index is 0.188. The van der Waals surface area contributed by atoms with Crippen molar-refractivity contribution >= 4 is 23.3 Å². The van der Waals surface area contributed by atoms with Crippen LogP contribution in [0.5, 0.6) is 0 Å². The van der Waals surface area contributed by atoms with Crippen LogP contribution in [0.15, 0.2) is 12.3 Å². The van der Waals surface area contributed by atoms with E-state index in [9.17, 15) is 9.90 Å². The first-order chi connectivity index (χ1) is 10.7. The van der Waals surface area contributed by atoms with Crippen LogP contribution in [0.3, 0.4) is 0 Å². The molecule has 0 spiro atoms. The standard InChI is InChI=1S/C17H27N3O2S/c1-16(2,3)20(15(21)22)11-17(7-5-4-6-8-17)13-9-12(10-19-13)14(18)23/h9-10,19H,4-8,11H2,1-3H3,(H2,18,23)(H,21,22). The zero-order chi connectivity index (χ0) is 17.3. The van der Waals surface area contributed by atoms with Crippen LogP contribution in [-0.2, 0) is 5.41 Å². The van der Waals surface area contributed by atoms with Gasteiger partial charge in [0.05, 0.1) is 0 Å². The molecule has 0 aromatic carbocycles. The number of carboxylic acid groups (broad SMARTS) is 1. The fourth-order valence-electron chi connectivity index (χ4n) is 3.48. The Morgan fingerprint density at radius 3 is 2.43 bits per heavy atom. The molecular formula is C17H27N3O2S. The number of thiocarbonyl (C=S) groups is 1. The van der Waals surface area contributed by atoms with Gasteiger partial charge in [-0.3, -0.25) is 0 Å². The highest BCUT2D eigenvalue weighted by molar-refractivity contribution is 7.80. The van der Waals surface area contributed by atoms with Crippen LogP contribution < -0.4 is 5.73 Å². The third-order valence-electron chi connectivity index (χ3n) is 4.85. The molecule has 23 heavy (non-hydrogen) atoms. The van der Waals surface area contributed by atoms with Crippen molar-refractivity contribution in [3.63, 3.8) is 0 Å². The molecule has 1 amide bonds. The molecule has 1 aromatic rings. The number of H-pyrrole nitrogens is 1. The molecule has 1 saturated carbocycles. The van der Waals surface area contributed by atoms with E-state index in [0.717, 1.165) is 36.9 Å². The summed E-state index contributed by atoms with van der Waals surface area (Å²) in [6.45, 7) is 6.30. The summed E-state index contributed by atoms with van der Waals surface area (Å²) >= 11 is 5.05. The number of amides is 1. The number of aromatic amines is 1. The van der Waals surface area contributed by atoms with Crippen molar-refractivity contribution in [3.8, 4) is 0 Å². The average molecular weight is 337 g/mol. The van der Waals surface area contributed by atoms with E-state index >= 15 is 0 Å². The van der Waals surface area contributed by atoms with Gasteiger partial charge in [0.25, 0.3) is 0 Å². The number of rotatable bonds is 4. The number of aromatic nitrogens is 1. The van der Waals surface area contributed by atoms with Gasteiger partial charge in [-0.25, -0.2) is 4.79 Å². The summed E-state index contributed by atoms with van der Waals surface area (Å²) in [6.07, 6.45) is 6.33. The van der Waals surface area contributed by atoms with Crippen LogP contribution in [-0.4, -0.2) is 38.2 Å². The predicted octanol–water partition coefficient (Wildman–Crippen LogP) is 3.63. The maximum Gasteiger partial charge on any atom is 0.407 e. The van der Waals surface area contributed by atoms with Gasteiger partial charge in [-0.15, -0.1) is 0 Å². The zero-order valence-electron chi connectivity index (χ0n) is 14.2. The fraction of sp³-hybridized carbons (Fsp3) is 0.647. The summed E-state index contributed by atoms with van der Waals surface area (Å²) in [4.78, 5) is 17.0. The van der Waals surface area contributed by atoms with Gasteiger partial charge in [-0.2, -0.15) is 0 Å². The molecule has 0 atom stereocenters. The lowest BCUT2D eigenvalue weighted by molar-refractivity contribution is 0.0723. The molecule has 1 aliphatic carbocycles. The summed E-state index contributed by atoms with van der Waals surface area (Å²) in [7, 11) is 0. The van der Waals surface area contributed by atoms with Crippen molar-refractivity contribution in [2.45, 2.75) is 63.8 Å². The second-order valence-corrected chi connectivity index (χ2v) is 7.99. The molecule has 5 nitrogen and oxygen atoms in total. The number of nitrogens with two attached hydrogens (primary N) is 1. The van der Waals surface area contributed by atoms with E-state index in [1.807, 2.05) is 33.0 Å². The Balaban J connectivity index is 2.38. The van der Waals surface area contributed by atoms with E-state index in [1.165, 1.54) is 6.42 Å². The SMILES string of the molecule is CC(C)(C)N(CC1(c2cc(C(N)=S)c[nH]2)CCCCC1)C(=O)O. The van der Waals surface area contributed by atoms with E-state index in [4.69, 9.17) is 18.0 Å². The second kappa shape index (κ2) is 6.51.